The van der Waals surface area contributed by atoms with Gasteiger partial charge < -0.3 is 13.9 Å². The number of esters is 2. The summed E-state index contributed by atoms with van der Waals surface area (Å²) in [5, 5.41) is 0. The summed E-state index contributed by atoms with van der Waals surface area (Å²) in [5.74, 6) is -2.30. The van der Waals surface area contributed by atoms with Crippen molar-refractivity contribution in [3.05, 3.63) is 82.1 Å². The van der Waals surface area contributed by atoms with Crippen LogP contribution >= 0.6 is 0 Å². The van der Waals surface area contributed by atoms with E-state index in [0.29, 0.717) is 46.4 Å². The number of ether oxygens (including phenoxy) is 2. The summed E-state index contributed by atoms with van der Waals surface area (Å²) in [4.78, 5) is 51.6. The predicted molar refractivity (Wildman–Crippen MR) is 116 cm³/mol. The molecule has 0 saturated heterocycles. The molecule has 0 bridgehead atoms. The number of carbonyl (C=O) groups is 4. The molecule has 166 valence electrons. The lowest BCUT2D eigenvalue weighted by atomic mass is 9.73. The van der Waals surface area contributed by atoms with Crippen LogP contribution in [0.25, 0.3) is 11.3 Å². The molecule has 0 radical (unpaired) electrons. The van der Waals surface area contributed by atoms with Crippen LogP contribution in [0.4, 0.5) is 0 Å². The zero-order valence-electron chi connectivity index (χ0n) is 18.1. The third kappa shape index (κ3) is 2.96. The van der Waals surface area contributed by atoms with E-state index in [4.69, 9.17) is 13.9 Å². The van der Waals surface area contributed by atoms with Crippen molar-refractivity contribution >= 4 is 23.5 Å². The minimum absolute atomic E-state index is 0.218. The Morgan fingerprint density at radius 1 is 1.00 bits per heavy atom. The number of hydrogen-bond acceptors (Lipinski definition) is 7. The summed E-state index contributed by atoms with van der Waals surface area (Å²) in [6.07, 6.45) is 2.68. The Hall–Kier alpha value is -4.00. The van der Waals surface area contributed by atoms with Crippen LogP contribution in [0.1, 0.15) is 60.6 Å². The maximum Gasteiger partial charge on any atom is 0.355 e. The zero-order valence-corrected chi connectivity index (χ0v) is 18.1. The average Bonchev–Trinajstić information content (AvgIpc) is 3.23. The van der Waals surface area contributed by atoms with Crippen molar-refractivity contribution in [3.63, 3.8) is 0 Å². The van der Waals surface area contributed by atoms with Crippen molar-refractivity contribution in [1.29, 1.82) is 0 Å². The van der Waals surface area contributed by atoms with Gasteiger partial charge in [0.25, 0.3) is 0 Å². The summed E-state index contributed by atoms with van der Waals surface area (Å²) >= 11 is 0. The van der Waals surface area contributed by atoms with E-state index in [2.05, 4.69) is 0 Å². The van der Waals surface area contributed by atoms with Gasteiger partial charge in [0.2, 0.25) is 17.2 Å². The Kier molecular flexibility index (Phi) is 4.78. The molecule has 0 unspecified atom stereocenters. The van der Waals surface area contributed by atoms with Crippen LogP contribution in [0.5, 0.6) is 0 Å². The molecule has 0 saturated carbocycles. The number of carbonyl (C=O) groups excluding carboxylic acids is 4. The minimum Gasteiger partial charge on any atom is -0.466 e. The Morgan fingerprint density at radius 2 is 1.76 bits per heavy atom. The number of methoxy groups -OCH3 is 1. The molecule has 0 amide bonds. The number of fused-ring (bicyclic) bond motifs is 5. The second-order valence-electron chi connectivity index (χ2n) is 8.22. The standard InChI is InChI=1S/C26H20O7/c1-14-13-32-23-19(14)22(28)21(27)17-10-11-18-16(20(17)23)9-6-12-26(18,25(30)31-2)33-24(29)15-7-4-3-5-8-15/h3-5,7-8,10-11,13H,6,9,12H2,1-2H3/t26-/m1/s1. The van der Waals surface area contributed by atoms with Crippen molar-refractivity contribution in [2.75, 3.05) is 7.11 Å². The van der Waals surface area contributed by atoms with Gasteiger partial charge in [0, 0.05) is 23.1 Å². The molecule has 3 aromatic rings. The first-order valence-electron chi connectivity index (χ1n) is 10.6. The molecule has 0 N–H and O–H groups in total. The molecule has 0 spiro atoms. The molecule has 2 aromatic carbocycles. The summed E-state index contributed by atoms with van der Waals surface area (Å²) in [6.45, 7) is 1.70. The SMILES string of the molecule is COC(=O)[C@@]1(OC(=O)c2ccccc2)CCCc2c1ccc1c2-c2occ(C)c2C(=O)C1=O. The number of benzene rings is 2. The van der Waals surface area contributed by atoms with Gasteiger partial charge in [0.15, 0.2) is 0 Å². The number of aryl methyl sites for hydroxylation is 1. The maximum absolute atomic E-state index is 13.1. The summed E-state index contributed by atoms with van der Waals surface area (Å²) in [5.41, 5.74) is 1.19. The molecule has 2 aliphatic rings. The van der Waals surface area contributed by atoms with Crippen LogP contribution in [0.3, 0.4) is 0 Å². The Labute approximate surface area is 189 Å². The van der Waals surface area contributed by atoms with E-state index < -0.39 is 29.1 Å². The van der Waals surface area contributed by atoms with E-state index in [1.54, 1.807) is 43.3 Å². The lowest BCUT2D eigenvalue weighted by Crippen LogP contribution is -2.44. The smallest absolute Gasteiger partial charge is 0.355 e. The number of ketones is 2. The molecular weight excluding hydrogens is 424 g/mol. The lowest BCUT2D eigenvalue weighted by molar-refractivity contribution is -0.166. The van der Waals surface area contributed by atoms with Gasteiger partial charge >= 0.3 is 11.9 Å². The molecule has 7 nitrogen and oxygen atoms in total. The number of hydrogen-bond donors (Lipinski definition) is 0. The molecule has 1 aromatic heterocycles. The quantitative estimate of drug-likeness (QED) is 0.441. The average molecular weight is 444 g/mol. The van der Waals surface area contributed by atoms with Crippen molar-refractivity contribution in [2.45, 2.75) is 31.8 Å². The van der Waals surface area contributed by atoms with Crippen molar-refractivity contribution in [3.8, 4) is 11.3 Å². The fourth-order valence-corrected chi connectivity index (χ4v) is 4.85. The molecule has 7 heteroatoms. The molecular formula is C26H20O7. The number of Topliss-reactive ketones (excluding diaryl/α,β-unsaturated/α-hetero) is 2. The van der Waals surface area contributed by atoms with Crippen molar-refractivity contribution < 1.29 is 33.1 Å². The number of furan rings is 1. The first-order valence-corrected chi connectivity index (χ1v) is 10.6. The highest BCUT2D eigenvalue weighted by atomic mass is 16.6. The minimum atomic E-state index is -1.68. The largest absolute Gasteiger partial charge is 0.466 e. The van der Waals surface area contributed by atoms with Gasteiger partial charge in [0.1, 0.15) is 5.76 Å². The van der Waals surface area contributed by atoms with Crippen molar-refractivity contribution in [1.82, 2.24) is 0 Å². The van der Waals surface area contributed by atoms with Crippen LogP contribution in [0, 0.1) is 6.92 Å². The highest BCUT2D eigenvalue weighted by Gasteiger charge is 2.50. The second-order valence-corrected chi connectivity index (χ2v) is 8.22. The lowest BCUT2D eigenvalue weighted by Gasteiger charge is -2.37. The second kappa shape index (κ2) is 7.55. The van der Waals surface area contributed by atoms with Crippen LogP contribution in [0.2, 0.25) is 0 Å². The van der Waals surface area contributed by atoms with Crippen LogP contribution in [-0.4, -0.2) is 30.6 Å². The Bertz CT molecular complexity index is 1330. The van der Waals surface area contributed by atoms with Gasteiger partial charge in [0.05, 0.1) is 24.5 Å². The van der Waals surface area contributed by atoms with Crippen LogP contribution in [-0.2, 0) is 26.3 Å². The molecule has 1 heterocycles. The monoisotopic (exact) mass is 444 g/mol. The van der Waals surface area contributed by atoms with E-state index in [-0.39, 0.29) is 17.5 Å². The molecule has 5 rings (SSSR count). The summed E-state index contributed by atoms with van der Waals surface area (Å²) in [6, 6.07) is 11.5. The van der Waals surface area contributed by atoms with E-state index in [1.807, 2.05) is 0 Å². The molecule has 1 atom stereocenters. The fourth-order valence-electron chi connectivity index (χ4n) is 4.85. The Balaban J connectivity index is 1.72. The van der Waals surface area contributed by atoms with E-state index in [9.17, 15) is 19.2 Å². The van der Waals surface area contributed by atoms with Gasteiger partial charge in [-0.15, -0.1) is 0 Å². The van der Waals surface area contributed by atoms with Crippen LogP contribution in [0.15, 0.2) is 53.1 Å². The third-order valence-electron chi connectivity index (χ3n) is 6.38. The summed E-state index contributed by atoms with van der Waals surface area (Å²) in [7, 11) is 1.24. The van der Waals surface area contributed by atoms with Gasteiger partial charge in [-0.05, 0) is 49.1 Å². The van der Waals surface area contributed by atoms with Crippen LogP contribution < -0.4 is 0 Å². The van der Waals surface area contributed by atoms with Gasteiger partial charge in [-0.3, -0.25) is 9.59 Å². The predicted octanol–water partition coefficient (Wildman–Crippen LogP) is 4.20. The summed E-state index contributed by atoms with van der Waals surface area (Å²) < 4.78 is 16.7. The maximum atomic E-state index is 13.1. The normalized spacial score (nSPS) is 18.7. The van der Waals surface area contributed by atoms with Gasteiger partial charge in [-0.2, -0.15) is 0 Å². The first kappa shape index (κ1) is 20.9. The third-order valence-corrected chi connectivity index (χ3v) is 6.38. The highest BCUT2D eigenvalue weighted by molar-refractivity contribution is 6.53. The fraction of sp³-hybridized carbons (Fsp3) is 0.231. The van der Waals surface area contributed by atoms with Gasteiger partial charge in [-0.1, -0.05) is 24.3 Å². The Morgan fingerprint density at radius 3 is 2.48 bits per heavy atom. The number of rotatable bonds is 3. The van der Waals surface area contributed by atoms with E-state index in [1.165, 1.54) is 19.4 Å². The molecule has 0 fully saturated rings. The van der Waals surface area contributed by atoms with Crippen molar-refractivity contribution in [2.24, 2.45) is 0 Å². The molecule has 2 aliphatic carbocycles. The molecule has 0 aliphatic heterocycles. The highest BCUT2D eigenvalue weighted by Crippen LogP contribution is 2.47. The first-order chi connectivity index (χ1) is 15.9. The van der Waals surface area contributed by atoms with Gasteiger partial charge in [-0.25, -0.2) is 9.59 Å². The topological polar surface area (TPSA) is 99.9 Å². The van der Waals surface area contributed by atoms with E-state index in [0.717, 1.165) is 0 Å². The van der Waals surface area contributed by atoms with E-state index >= 15 is 0 Å². The molecule has 33 heavy (non-hydrogen) atoms. The zero-order chi connectivity index (χ0) is 23.3.